The first kappa shape index (κ1) is 18.4. The van der Waals surface area contributed by atoms with E-state index in [9.17, 15) is 18.0 Å². The Hall–Kier alpha value is -2.42. The molecule has 0 spiro atoms. The topological polar surface area (TPSA) is 99.2 Å². The van der Waals surface area contributed by atoms with Crippen molar-refractivity contribution < 1.29 is 18.0 Å². The molecule has 2 aliphatic rings. The molecule has 2 amide bonds. The number of piperidine rings is 1. The van der Waals surface area contributed by atoms with Gasteiger partial charge in [-0.05, 0) is 25.0 Å². The predicted molar refractivity (Wildman–Crippen MR) is 96.2 cm³/mol. The fourth-order valence-corrected chi connectivity index (χ4v) is 4.60. The first-order chi connectivity index (χ1) is 12.3. The van der Waals surface area contributed by atoms with Crippen molar-refractivity contribution in [2.75, 3.05) is 33.7 Å². The summed E-state index contributed by atoms with van der Waals surface area (Å²) in [6.45, 7) is 1.04. The Bertz CT molecular complexity index is 865. The number of nitrogens with one attached hydrogen (secondary N) is 1. The van der Waals surface area contributed by atoms with Gasteiger partial charge < -0.3 is 15.1 Å². The Morgan fingerprint density at radius 3 is 2.81 bits per heavy atom. The Kier molecular flexibility index (Phi) is 4.99. The van der Waals surface area contributed by atoms with Crippen molar-refractivity contribution in [3.05, 3.63) is 29.8 Å². The van der Waals surface area contributed by atoms with Gasteiger partial charge in [-0.25, -0.2) is 0 Å². The van der Waals surface area contributed by atoms with Gasteiger partial charge in [0.1, 0.15) is 4.90 Å². The molecule has 2 heterocycles. The number of hydrogen-bond acceptors (Lipinski definition) is 5. The second kappa shape index (κ2) is 7.06. The van der Waals surface area contributed by atoms with Crippen LogP contribution in [0.25, 0.3) is 0 Å². The number of amides is 2. The second-order valence-electron chi connectivity index (χ2n) is 6.54. The van der Waals surface area contributed by atoms with E-state index < -0.39 is 10.0 Å². The van der Waals surface area contributed by atoms with E-state index in [2.05, 4.69) is 9.71 Å². The molecule has 0 saturated carbocycles. The lowest BCUT2D eigenvalue weighted by molar-refractivity contribution is -0.139. The van der Waals surface area contributed by atoms with Crippen LogP contribution in [-0.4, -0.2) is 69.6 Å². The number of carbonyl (C=O) groups is 2. The molecule has 1 aromatic rings. The fourth-order valence-electron chi connectivity index (χ4n) is 3.37. The van der Waals surface area contributed by atoms with Crippen LogP contribution in [0.4, 0.5) is 0 Å². The summed E-state index contributed by atoms with van der Waals surface area (Å²) in [6.07, 6.45) is 1.46. The standard InChI is InChI=1S/C17H22N4O4S/c1-18-15(22)11-20(2)17(23)12-6-5-9-21(10-12)16-13-7-3-4-8-14(13)26(24,25)19-16/h3-4,7-8,12H,5-6,9-11H2,1-2H3,(H,18,22)/t12-/m1/s1. The molecule has 2 aliphatic heterocycles. The zero-order chi connectivity index (χ0) is 18.9. The molecule has 9 heteroatoms. The van der Waals surface area contributed by atoms with Crippen molar-refractivity contribution in [3.8, 4) is 0 Å². The quantitative estimate of drug-likeness (QED) is 0.801. The molecule has 26 heavy (non-hydrogen) atoms. The summed E-state index contributed by atoms with van der Waals surface area (Å²) in [7, 11) is -0.552. The van der Waals surface area contributed by atoms with Gasteiger partial charge in [0.25, 0.3) is 10.0 Å². The molecular formula is C17H22N4O4S. The molecule has 1 N–H and O–H groups in total. The van der Waals surface area contributed by atoms with Crippen LogP contribution >= 0.6 is 0 Å². The smallest absolute Gasteiger partial charge is 0.285 e. The van der Waals surface area contributed by atoms with Gasteiger partial charge in [-0.2, -0.15) is 8.42 Å². The number of hydrogen-bond donors (Lipinski definition) is 1. The SMILES string of the molecule is CNC(=O)CN(C)C(=O)[C@@H]1CCCN(C2=NS(=O)(=O)c3ccccc32)C1. The molecule has 1 atom stereocenters. The van der Waals surface area contributed by atoms with Crippen LogP contribution in [-0.2, 0) is 19.6 Å². The highest BCUT2D eigenvalue weighted by molar-refractivity contribution is 7.90. The Morgan fingerprint density at radius 2 is 2.08 bits per heavy atom. The molecule has 140 valence electrons. The number of likely N-dealkylation sites (N-methyl/N-ethyl adjacent to an activating group) is 2. The zero-order valence-corrected chi connectivity index (χ0v) is 15.6. The number of carbonyl (C=O) groups excluding carboxylic acids is 2. The lowest BCUT2D eigenvalue weighted by Gasteiger charge is -2.35. The summed E-state index contributed by atoms with van der Waals surface area (Å²) in [5, 5.41) is 2.50. The zero-order valence-electron chi connectivity index (χ0n) is 14.8. The van der Waals surface area contributed by atoms with Crippen LogP contribution in [0.15, 0.2) is 33.6 Å². The molecule has 1 aromatic carbocycles. The predicted octanol–water partition coefficient (Wildman–Crippen LogP) is 0.0519. The van der Waals surface area contributed by atoms with Gasteiger partial charge in [0.15, 0.2) is 5.84 Å². The molecule has 0 unspecified atom stereocenters. The van der Waals surface area contributed by atoms with Crippen LogP contribution in [0.1, 0.15) is 18.4 Å². The third kappa shape index (κ3) is 3.44. The number of fused-ring (bicyclic) bond motifs is 1. The lowest BCUT2D eigenvalue weighted by Crippen LogP contribution is -2.47. The highest BCUT2D eigenvalue weighted by Crippen LogP contribution is 2.30. The number of nitrogens with zero attached hydrogens (tertiary/aromatic N) is 3. The van der Waals surface area contributed by atoms with Crippen LogP contribution in [0.5, 0.6) is 0 Å². The summed E-state index contributed by atoms with van der Waals surface area (Å²) >= 11 is 0. The number of rotatable bonds is 3. The molecule has 3 rings (SSSR count). The number of likely N-dealkylation sites (tertiary alicyclic amines) is 1. The molecule has 1 saturated heterocycles. The van der Waals surface area contributed by atoms with E-state index in [0.717, 1.165) is 6.42 Å². The summed E-state index contributed by atoms with van der Waals surface area (Å²) in [6, 6.07) is 6.73. The van der Waals surface area contributed by atoms with Gasteiger partial charge in [-0.3, -0.25) is 9.59 Å². The van der Waals surface area contributed by atoms with Crippen molar-refractivity contribution >= 4 is 27.7 Å². The van der Waals surface area contributed by atoms with Gasteiger partial charge in [0, 0.05) is 32.7 Å². The van der Waals surface area contributed by atoms with E-state index in [1.807, 2.05) is 4.90 Å². The maximum absolute atomic E-state index is 12.6. The third-order valence-electron chi connectivity index (χ3n) is 4.72. The molecule has 0 aromatic heterocycles. The minimum atomic E-state index is -3.68. The normalized spacial score (nSPS) is 20.9. The van der Waals surface area contributed by atoms with Gasteiger partial charge in [-0.15, -0.1) is 4.40 Å². The van der Waals surface area contributed by atoms with Crippen molar-refractivity contribution in [2.24, 2.45) is 10.3 Å². The Balaban J connectivity index is 1.78. The molecule has 1 fully saturated rings. The van der Waals surface area contributed by atoms with E-state index >= 15 is 0 Å². The summed E-state index contributed by atoms with van der Waals surface area (Å²) < 4.78 is 28.4. The highest BCUT2D eigenvalue weighted by Gasteiger charge is 2.35. The minimum absolute atomic E-state index is 0.00396. The Morgan fingerprint density at radius 1 is 1.35 bits per heavy atom. The van der Waals surface area contributed by atoms with Crippen LogP contribution in [0, 0.1) is 5.92 Å². The monoisotopic (exact) mass is 378 g/mol. The van der Waals surface area contributed by atoms with E-state index in [0.29, 0.717) is 30.9 Å². The van der Waals surface area contributed by atoms with Crippen molar-refractivity contribution in [1.29, 1.82) is 0 Å². The van der Waals surface area contributed by atoms with E-state index in [4.69, 9.17) is 0 Å². The largest absolute Gasteiger partial charge is 0.358 e. The highest BCUT2D eigenvalue weighted by atomic mass is 32.2. The first-order valence-corrected chi connectivity index (χ1v) is 9.92. The van der Waals surface area contributed by atoms with Crippen LogP contribution in [0.3, 0.4) is 0 Å². The van der Waals surface area contributed by atoms with Crippen molar-refractivity contribution in [2.45, 2.75) is 17.7 Å². The third-order valence-corrected chi connectivity index (χ3v) is 6.04. The molecule has 0 radical (unpaired) electrons. The van der Waals surface area contributed by atoms with Crippen LogP contribution < -0.4 is 5.32 Å². The molecule has 8 nitrogen and oxygen atoms in total. The maximum atomic E-state index is 12.6. The van der Waals surface area contributed by atoms with Gasteiger partial charge in [0.2, 0.25) is 11.8 Å². The average Bonchev–Trinajstić information content (AvgIpc) is 2.92. The van der Waals surface area contributed by atoms with E-state index in [1.54, 1.807) is 31.3 Å². The summed E-state index contributed by atoms with van der Waals surface area (Å²) in [5.74, 6) is -0.231. The molecular weight excluding hydrogens is 356 g/mol. The Labute approximate surface area is 152 Å². The van der Waals surface area contributed by atoms with Crippen molar-refractivity contribution in [1.82, 2.24) is 15.1 Å². The fraction of sp³-hybridized carbons (Fsp3) is 0.471. The number of amidine groups is 1. The number of sulfonamides is 1. The minimum Gasteiger partial charge on any atom is -0.358 e. The average molecular weight is 378 g/mol. The number of benzene rings is 1. The van der Waals surface area contributed by atoms with Gasteiger partial charge in [-0.1, -0.05) is 12.1 Å². The van der Waals surface area contributed by atoms with Crippen molar-refractivity contribution in [3.63, 3.8) is 0 Å². The van der Waals surface area contributed by atoms with Crippen LogP contribution in [0.2, 0.25) is 0 Å². The summed E-state index contributed by atoms with van der Waals surface area (Å²) in [5.41, 5.74) is 0.583. The van der Waals surface area contributed by atoms with Gasteiger partial charge >= 0.3 is 0 Å². The lowest BCUT2D eigenvalue weighted by atomic mass is 9.96. The van der Waals surface area contributed by atoms with E-state index in [1.165, 1.54) is 11.9 Å². The second-order valence-corrected chi connectivity index (χ2v) is 8.11. The summed E-state index contributed by atoms with van der Waals surface area (Å²) in [4.78, 5) is 27.6. The maximum Gasteiger partial charge on any atom is 0.285 e. The molecule has 0 bridgehead atoms. The first-order valence-electron chi connectivity index (χ1n) is 8.48. The molecule has 0 aliphatic carbocycles. The van der Waals surface area contributed by atoms with Gasteiger partial charge in [0.05, 0.1) is 12.5 Å². The van der Waals surface area contributed by atoms with E-state index in [-0.39, 0.29) is 29.2 Å².